The van der Waals surface area contributed by atoms with Crippen LogP contribution in [0.4, 0.5) is 0 Å². The molecule has 5 heteroatoms. The Morgan fingerprint density at radius 1 is 1.38 bits per heavy atom. The van der Waals surface area contributed by atoms with Crippen molar-refractivity contribution in [1.82, 2.24) is 4.90 Å². The van der Waals surface area contributed by atoms with Gasteiger partial charge in [0.1, 0.15) is 11.8 Å². The molecule has 0 aliphatic carbocycles. The number of aliphatic carboxylic acids is 1. The second kappa shape index (κ2) is 6.16. The first-order valence-corrected chi connectivity index (χ1v) is 7.17. The summed E-state index contributed by atoms with van der Waals surface area (Å²) < 4.78 is 5.74. The molecule has 0 radical (unpaired) electrons. The number of rotatable bonds is 4. The van der Waals surface area contributed by atoms with E-state index in [1.54, 1.807) is 6.92 Å². The van der Waals surface area contributed by atoms with Gasteiger partial charge in [-0.1, -0.05) is 12.1 Å². The standard InChI is InChI=1S/C16H21NO4/c1-10-6-7-11(2)14(9-10)21-12(3)15(18)17-8-4-5-13(17)16(19)20/h6-7,9,12-13H,4-5,8H2,1-3H3,(H,19,20). The Kier molecular flexibility index (Phi) is 4.50. The fourth-order valence-electron chi connectivity index (χ4n) is 2.60. The normalized spacial score (nSPS) is 19.4. The third-order valence-corrected chi connectivity index (χ3v) is 3.82. The lowest BCUT2D eigenvalue weighted by atomic mass is 10.1. The predicted octanol–water partition coefficient (Wildman–Crippen LogP) is 2.15. The smallest absolute Gasteiger partial charge is 0.326 e. The van der Waals surface area contributed by atoms with Crippen LogP contribution < -0.4 is 4.74 Å². The fraction of sp³-hybridized carbons (Fsp3) is 0.500. The van der Waals surface area contributed by atoms with Crippen molar-refractivity contribution in [3.8, 4) is 5.75 Å². The Morgan fingerprint density at radius 3 is 2.76 bits per heavy atom. The fourth-order valence-corrected chi connectivity index (χ4v) is 2.60. The molecule has 0 saturated carbocycles. The van der Waals surface area contributed by atoms with Crippen LogP contribution in [0.15, 0.2) is 18.2 Å². The van der Waals surface area contributed by atoms with Crippen LogP contribution in [-0.2, 0) is 9.59 Å². The van der Waals surface area contributed by atoms with Crippen LogP contribution in [0.25, 0.3) is 0 Å². The van der Waals surface area contributed by atoms with Crippen molar-refractivity contribution in [2.45, 2.75) is 45.8 Å². The first-order valence-electron chi connectivity index (χ1n) is 7.17. The predicted molar refractivity (Wildman–Crippen MR) is 78.4 cm³/mol. The summed E-state index contributed by atoms with van der Waals surface area (Å²) in [4.78, 5) is 25.0. The number of ether oxygens (including phenoxy) is 1. The van der Waals surface area contributed by atoms with Gasteiger partial charge in [0.15, 0.2) is 6.10 Å². The summed E-state index contributed by atoms with van der Waals surface area (Å²) in [7, 11) is 0. The maximum Gasteiger partial charge on any atom is 0.326 e. The molecule has 2 unspecified atom stereocenters. The van der Waals surface area contributed by atoms with Gasteiger partial charge in [-0.3, -0.25) is 4.79 Å². The monoisotopic (exact) mass is 291 g/mol. The maximum absolute atomic E-state index is 12.4. The zero-order chi connectivity index (χ0) is 15.6. The highest BCUT2D eigenvalue weighted by Gasteiger charge is 2.36. The Hall–Kier alpha value is -2.04. The highest BCUT2D eigenvalue weighted by molar-refractivity contribution is 5.87. The van der Waals surface area contributed by atoms with E-state index in [2.05, 4.69) is 0 Å². The van der Waals surface area contributed by atoms with E-state index in [4.69, 9.17) is 9.84 Å². The summed E-state index contributed by atoms with van der Waals surface area (Å²) in [6.07, 6.45) is 0.543. The van der Waals surface area contributed by atoms with Gasteiger partial charge in [0.05, 0.1) is 0 Å². The molecule has 1 saturated heterocycles. The molecule has 1 heterocycles. The van der Waals surface area contributed by atoms with E-state index in [1.165, 1.54) is 4.90 Å². The summed E-state index contributed by atoms with van der Waals surface area (Å²) >= 11 is 0. The number of carboxylic acids is 1. The molecule has 0 spiro atoms. The molecule has 0 bridgehead atoms. The van der Waals surface area contributed by atoms with Gasteiger partial charge in [0.25, 0.3) is 5.91 Å². The topological polar surface area (TPSA) is 66.8 Å². The lowest BCUT2D eigenvalue weighted by molar-refractivity contribution is -0.150. The third kappa shape index (κ3) is 3.35. The zero-order valence-electron chi connectivity index (χ0n) is 12.6. The number of carbonyl (C=O) groups excluding carboxylic acids is 1. The van der Waals surface area contributed by atoms with Gasteiger partial charge in [0.2, 0.25) is 0 Å². The minimum absolute atomic E-state index is 0.263. The Morgan fingerprint density at radius 2 is 2.10 bits per heavy atom. The van der Waals surface area contributed by atoms with E-state index in [9.17, 15) is 9.59 Å². The van der Waals surface area contributed by atoms with Crippen molar-refractivity contribution >= 4 is 11.9 Å². The SMILES string of the molecule is Cc1ccc(C)c(OC(C)C(=O)N2CCCC2C(=O)O)c1. The van der Waals surface area contributed by atoms with Crippen LogP contribution in [0, 0.1) is 13.8 Å². The first kappa shape index (κ1) is 15.4. The van der Waals surface area contributed by atoms with E-state index in [0.29, 0.717) is 18.7 Å². The Balaban J connectivity index is 2.09. The molecule has 1 aromatic rings. The average Bonchev–Trinajstić information content (AvgIpc) is 2.91. The minimum atomic E-state index is -0.945. The molecule has 1 amide bonds. The van der Waals surface area contributed by atoms with Gasteiger partial charge < -0.3 is 14.7 Å². The summed E-state index contributed by atoms with van der Waals surface area (Å²) in [5.41, 5.74) is 2.01. The second-order valence-corrected chi connectivity index (χ2v) is 5.56. The van der Waals surface area contributed by atoms with Gasteiger partial charge in [0, 0.05) is 6.54 Å². The van der Waals surface area contributed by atoms with Crippen molar-refractivity contribution in [2.24, 2.45) is 0 Å². The number of carboxylic acid groups (broad SMARTS) is 1. The highest BCUT2D eigenvalue weighted by atomic mass is 16.5. The van der Waals surface area contributed by atoms with Crippen molar-refractivity contribution in [3.05, 3.63) is 29.3 Å². The molecule has 1 aliphatic rings. The van der Waals surface area contributed by atoms with Crippen LogP contribution in [0.5, 0.6) is 5.75 Å². The number of hydrogen-bond donors (Lipinski definition) is 1. The van der Waals surface area contributed by atoms with E-state index >= 15 is 0 Å². The van der Waals surface area contributed by atoms with E-state index in [0.717, 1.165) is 17.5 Å². The van der Waals surface area contributed by atoms with E-state index < -0.39 is 18.1 Å². The zero-order valence-corrected chi connectivity index (χ0v) is 12.6. The number of amides is 1. The van der Waals surface area contributed by atoms with Gasteiger partial charge in [-0.25, -0.2) is 4.79 Å². The molecular weight excluding hydrogens is 270 g/mol. The molecule has 2 atom stereocenters. The summed E-state index contributed by atoms with van der Waals surface area (Å²) in [6.45, 7) is 6.03. The Bertz CT molecular complexity index is 555. The van der Waals surface area contributed by atoms with Gasteiger partial charge >= 0.3 is 5.97 Å². The molecular formula is C16H21NO4. The van der Waals surface area contributed by atoms with Crippen molar-refractivity contribution in [3.63, 3.8) is 0 Å². The van der Waals surface area contributed by atoms with Crippen molar-refractivity contribution in [1.29, 1.82) is 0 Å². The number of aryl methyl sites for hydroxylation is 2. The van der Waals surface area contributed by atoms with Gasteiger partial charge in [-0.05, 0) is 50.8 Å². The van der Waals surface area contributed by atoms with Crippen molar-refractivity contribution in [2.75, 3.05) is 6.54 Å². The van der Waals surface area contributed by atoms with E-state index in [-0.39, 0.29) is 5.91 Å². The molecule has 21 heavy (non-hydrogen) atoms. The summed E-state index contributed by atoms with van der Waals surface area (Å²) in [5, 5.41) is 9.15. The maximum atomic E-state index is 12.4. The molecule has 114 valence electrons. The molecule has 1 N–H and O–H groups in total. The van der Waals surface area contributed by atoms with Crippen LogP contribution in [0.1, 0.15) is 30.9 Å². The molecule has 2 rings (SSSR count). The van der Waals surface area contributed by atoms with Crippen molar-refractivity contribution < 1.29 is 19.4 Å². The van der Waals surface area contributed by atoms with Crippen LogP contribution in [-0.4, -0.2) is 40.6 Å². The van der Waals surface area contributed by atoms with Crippen LogP contribution in [0.3, 0.4) is 0 Å². The quantitative estimate of drug-likeness (QED) is 0.923. The van der Waals surface area contributed by atoms with Crippen LogP contribution >= 0.6 is 0 Å². The van der Waals surface area contributed by atoms with E-state index in [1.807, 2.05) is 32.0 Å². The minimum Gasteiger partial charge on any atom is -0.481 e. The molecule has 1 aromatic carbocycles. The number of nitrogens with zero attached hydrogens (tertiary/aromatic N) is 1. The number of hydrogen-bond acceptors (Lipinski definition) is 3. The molecule has 1 aliphatic heterocycles. The number of benzene rings is 1. The van der Waals surface area contributed by atoms with Crippen LogP contribution in [0.2, 0.25) is 0 Å². The summed E-state index contributed by atoms with van der Waals surface area (Å²) in [5.74, 6) is -0.539. The van der Waals surface area contributed by atoms with Gasteiger partial charge in [-0.2, -0.15) is 0 Å². The molecule has 0 aromatic heterocycles. The number of likely N-dealkylation sites (tertiary alicyclic amines) is 1. The lowest BCUT2D eigenvalue weighted by Gasteiger charge is -2.25. The average molecular weight is 291 g/mol. The largest absolute Gasteiger partial charge is 0.481 e. The first-order chi connectivity index (χ1) is 9.90. The Labute approximate surface area is 124 Å². The second-order valence-electron chi connectivity index (χ2n) is 5.56. The third-order valence-electron chi connectivity index (χ3n) is 3.82. The summed E-state index contributed by atoms with van der Waals surface area (Å²) in [6, 6.07) is 5.09. The van der Waals surface area contributed by atoms with Gasteiger partial charge in [-0.15, -0.1) is 0 Å². The molecule has 5 nitrogen and oxygen atoms in total. The lowest BCUT2D eigenvalue weighted by Crippen LogP contribution is -2.46. The number of carbonyl (C=O) groups is 2. The molecule has 1 fully saturated rings. The highest BCUT2D eigenvalue weighted by Crippen LogP contribution is 2.23.